The first-order valence-corrected chi connectivity index (χ1v) is 46.7. The molecule has 0 aliphatic rings. The average molecular weight is 1660 g/mol. The van der Waals surface area contributed by atoms with Crippen molar-refractivity contribution in [3.05, 3.63) is 408 Å². The van der Waals surface area contributed by atoms with E-state index in [4.69, 9.17) is 0 Å². The number of benzene rings is 21. The molecule has 0 spiro atoms. The van der Waals surface area contributed by atoms with E-state index >= 15 is 0 Å². The fourth-order valence-electron chi connectivity index (χ4n) is 24.1. The molecule has 0 atom stereocenters. The Hall–Kier alpha value is -13.1. The van der Waals surface area contributed by atoms with Crippen molar-refractivity contribution in [1.29, 1.82) is 0 Å². The van der Waals surface area contributed by atoms with E-state index in [0.717, 1.165) is 0 Å². The van der Waals surface area contributed by atoms with Crippen LogP contribution in [0.25, 0.3) is 130 Å². The Labute approximate surface area is 766 Å². The van der Waals surface area contributed by atoms with Gasteiger partial charge in [-0.3, -0.25) is 0 Å². The summed E-state index contributed by atoms with van der Waals surface area (Å²) < 4.78 is 0. The third-order valence-electron chi connectivity index (χ3n) is 29.0. The van der Waals surface area contributed by atoms with Crippen LogP contribution < -0.4 is 49.2 Å². The van der Waals surface area contributed by atoms with Gasteiger partial charge in [-0.1, -0.05) is 467 Å². The number of hydrogen-bond acceptors (Lipinski definition) is 0. The molecule has 0 aliphatic carbocycles. The normalized spacial score (nSPS) is 11.8. The standard InChI is InChI=1S/C44H43B.2C41H37B/c1-26-21-28(3)42(29(4)22-26)45(43-30(5)23-27(2)24-31(43)6)39-20-16-33-14-18-37-36(34-11-10-12-35(25-34)44(7,8)9)17-13-32-15-19-38(39)41(33)40(32)37;1-24-9-8-10-33(23-24)34-15-11-31-13-17-36-37(18-14-32-12-16-35(34)38(31)39(32)36)42(40-27(4)19-25(2)20-28(40)5)41-29(6)21-26(3)22-30(41)7;1-24-20-27(4)40(28(5)21-24)42(41-29(6)22-25(2)23-30(41)7)37-19-15-32-13-17-35-34(33-11-9-8-10-26(33)3)16-12-31-14-18-36(37)39(32)38(31)35/h10-25H,1-9H3;2*8-23H,1-7H3. The van der Waals surface area contributed by atoms with Crippen molar-refractivity contribution in [1.82, 2.24) is 0 Å². The van der Waals surface area contributed by atoms with E-state index in [9.17, 15) is 0 Å². The highest BCUT2D eigenvalue weighted by atomic mass is 14.3. The van der Waals surface area contributed by atoms with Crippen LogP contribution in [0, 0.1) is 138 Å². The minimum atomic E-state index is 0.0994. The zero-order chi connectivity index (χ0) is 90.4. The van der Waals surface area contributed by atoms with Crippen LogP contribution in [0.1, 0.15) is 138 Å². The van der Waals surface area contributed by atoms with Crippen molar-refractivity contribution in [2.24, 2.45) is 0 Å². The largest absolute Gasteiger partial charge is 0.243 e. The van der Waals surface area contributed by atoms with Crippen LogP contribution in [-0.2, 0) is 5.41 Å². The monoisotopic (exact) mass is 1660 g/mol. The highest BCUT2D eigenvalue weighted by Gasteiger charge is 2.35. The van der Waals surface area contributed by atoms with Crippen molar-refractivity contribution < 1.29 is 0 Å². The molecule has 0 aliphatic heterocycles. The van der Waals surface area contributed by atoms with Gasteiger partial charge in [0, 0.05) is 0 Å². The highest BCUT2D eigenvalue weighted by Crippen LogP contribution is 2.45. The Bertz CT molecular complexity index is 7780. The quantitative estimate of drug-likeness (QED) is 0.0845. The van der Waals surface area contributed by atoms with Gasteiger partial charge in [-0.15, -0.1) is 0 Å². The Morgan fingerprint density at radius 2 is 0.411 bits per heavy atom. The minimum absolute atomic E-state index is 0.0994. The van der Waals surface area contributed by atoms with E-state index in [-0.39, 0.29) is 25.6 Å². The molecule has 21 aromatic rings. The first-order valence-electron chi connectivity index (χ1n) is 46.7. The second-order valence-electron chi connectivity index (χ2n) is 39.8. The summed E-state index contributed by atoms with van der Waals surface area (Å²) in [5.74, 6) is 0. The summed E-state index contributed by atoms with van der Waals surface area (Å²) in [7, 11) is 0. The summed E-state index contributed by atoms with van der Waals surface area (Å²) in [6.07, 6.45) is 0. The molecule has 0 amide bonds. The fourth-order valence-corrected chi connectivity index (χ4v) is 24.1. The van der Waals surface area contributed by atoms with Gasteiger partial charge in [-0.25, -0.2) is 0 Å². The van der Waals surface area contributed by atoms with Gasteiger partial charge >= 0.3 is 0 Å². The topological polar surface area (TPSA) is 0 Å². The molecule has 0 saturated heterocycles. The van der Waals surface area contributed by atoms with Gasteiger partial charge < -0.3 is 0 Å². The van der Waals surface area contributed by atoms with Crippen molar-refractivity contribution in [3.63, 3.8) is 0 Å². The number of rotatable bonds is 12. The van der Waals surface area contributed by atoms with E-state index < -0.39 is 0 Å². The van der Waals surface area contributed by atoms with Gasteiger partial charge in [-0.2, -0.15) is 0 Å². The van der Waals surface area contributed by atoms with Gasteiger partial charge in [0.05, 0.1) is 0 Å². The summed E-state index contributed by atoms with van der Waals surface area (Å²) in [6.45, 7) is 52.6. The SMILES string of the molecule is Cc1cc(C)c(B(c2c(C)cc(C)cc2C)c2ccc3ccc4c(-c5cccc(C(C)(C)C)c5)ccc5ccc2c3c54)c(C)c1.Cc1cc(C)c(B(c2c(C)cc(C)cc2C)c2ccc3ccc4c(-c5ccccc5C)ccc5ccc2c3c54)c(C)c1.Cc1cccc(-c2ccc3ccc4c(B(c5c(C)cc(C)cc5C)c5c(C)cc(C)cc5C)ccc5ccc2c3c54)c1. The average Bonchev–Trinajstić information content (AvgIpc) is 0.732. The molecule has 630 valence electrons. The maximum atomic E-state index is 2.41. The molecule has 0 bridgehead atoms. The Balaban J connectivity index is 0.000000126. The first-order chi connectivity index (χ1) is 61.8. The molecule has 3 heteroatoms. The van der Waals surface area contributed by atoms with E-state index in [1.807, 2.05) is 0 Å². The smallest absolute Gasteiger partial charge is 0.0657 e. The lowest BCUT2D eigenvalue weighted by atomic mass is 9.33. The van der Waals surface area contributed by atoms with Crippen LogP contribution in [0.15, 0.2) is 291 Å². The van der Waals surface area contributed by atoms with Crippen molar-refractivity contribution in [2.45, 2.75) is 165 Å². The molecule has 21 aromatic carbocycles. The van der Waals surface area contributed by atoms with E-state index in [0.29, 0.717) is 0 Å². The summed E-state index contributed by atoms with van der Waals surface area (Å²) in [4.78, 5) is 0. The number of aryl methyl sites for hydroxylation is 20. The molecule has 0 radical (unpaired) electrons. The van der Waals surface area contributed by atoms with E-state index in [2.05, 4.69) is 450 Å². The Kier molecular flexibility index (Phi) is 22.0. The van der Waals surface area contributed by atoms with Crippen LogP contribution in [0.5, 0.6) is 0 Å². The summed E-state index contributed by atoms with van der Waals surface area (Å²) in [5, 5.41) is 24.2. The first kappa shape index (κ1) is 85.4. The fraction of sp³-hybridized carbons (Fsp3) is 0.190. The van der Waals surface area contributed by atoms with Gasteiger partial charge in [0.1, 0.15) is 0 Å². The second-order valence-corrected chi connectivity index (χ2v) is 39.8. The van der Waals surface area contributed by atoms with Crippen molar-refractivity contribution in [3.8, 4) is 33.4 Å². The maximum absolute atomic E-state index is 2.41. The maximum Gasteiger partial charge on any atom is 0.243 e. The lowest BCUT2D eigenvalue weighted by Crippen LogP contribution is -2.56. The molecular weight excluding hydrogens is 1550 g/mol. The van der Waals surface area contributed by atoms with Crippen LogP contribution >= 0.6 is 0 Å². The molecule has 0 unspecified atom stereocenters. The zero-order valence-electron chi connectivity index (χ0n) is 79.9. The molecule has 0 fully saturated rings. The third-order valence-corrected chi connectivity index (χ3v) is 29.0. The molecule has 0 heterocycles. The van der Waals surface area contributed by atoms with E-state index in [1.54, 1.807) is 0 Å². The molecule has 0 saturated carbocycles. The van der Waals surface area contributed by atoms with Crippen LogP contribution in [-0.4, -0.2) is 20.1 Å². The molecule has 21 rings (SSSR count). The molecular formula is C126H117B3. The highest BCUT2D eigenvalue weighted by molar-refractivity contribution is 6.99. The molecule has 0 N–H and O–H groups in total. The Morgan fingerprint density at radius 1 is 0.171 bits per heavy atom. The predicted molar refractivity (Wildman–Crippen MR) is 573 cm³/mol. The van der Waals surface area contributed by atoms with Crippen LogP contribution in [0.3, 0.4) is 0 Å². The van der Waals surface area contributed by atoms with E-state index in [1.165, 1.54) is 296 Å². The van der Waals surface area contributed by atoms with Crippen molar-refractivity contribution >= 4 is 166 Å². The summed E-state index contributed by atoms with van der Waals surface area (Å²) >= 11 is 0. The third kappa shape index (κ3) is 15.1. The van der Waals surface area contributed by atoms with Gasteiger partial charge in [0.15, 0.2) is 0 Å². The van der Waals surface area contributed by atoms with Crippen LogP contribution in [0.2, 0.25) is 0 Å². The van der Waals surface area contributed by atoms with Crippen LogP contribution in [0.4, 0.5) is 0 Å². The lowest BCUT2D eigenvalue weighted by molar-refractivity contribution is 0.590. The summed E-state index contributed by atoms with van der Waals surface area (Å²) in [5.41, 5.74) is 49.0. The minimum Gasteiger partial charge on any atom is -0.0657 e. The molecule has 0 aromatic heterocycles. The number of hydrogen-bond donors (Lipinski definition) is 0. The Morgan fingerprint density at radius 3 is 0.698 bits per heavy atom. The van der Waals surface area contributed by atoms with Gasteiger partial charge in [0.2, 0.25) is 20.1 Å². The zero-order valence-corrected chi connectivity index (χ0v) is 79.9. The second kappa shape index (κ2) is 33.2. The lowest BCUT2D eigenvalue weighted by Gasteiger charge is -2.26. The van der Waals surface area contributed by atoms with Gasteiger partial charge in [-0.05, 0) is 285 Å². The van der Waals surface area contributed by atoms with Crippen molar-refractivity contribution in [2.75, 3.05) is 0 Å². The predicted octanol–water partition coefficient (Wildman–Crippen LogP) is 27.8. The van der Waals surface area contributed by atoms with Gasteiger partial charge in [0.25, 0.3) is 0 Å². The molecule has 129 heavy (non-hydrogen) atoms. The summed E-state index contributed by atoms with van der Waals surface area (Å²) in [6, 6.07) is 112. The molecule has 0 nitrogen and oxygen atoms in total.